The summed E-state index contributed by atoms with van der Waals surface area (Å²) >= 11 is 0. The van der Waals surface area contributed by atoms with E-state index in [9.17, 15) is 0 Å². The van der Waals surface area contributed by atoms with Gasteiger partial charge in [0.2, 0.25) is 0 Å². The van der Waals surface area contributed by atoms with Gasteiger partial charge in [0.15, 0.2) is 0 Å². The minimum absolute atomic E-state index is 0.686. The second kappa shape index (κ2) is 5.30. The average molecular weight is 219 g/mol. The summed E-state index contributed by atoms with van der Waals surface area (Å²) in [5.74, 6) is 1.14. The molecule has 0 aromatic carbocycles. The van der Waals surface area contributed by atoms with Gasteiger partial charge in [-0.2, -0.15) is 0 Å². The van der Waals surface area contributed by atoms with E-state index >= 15 is 0 Å². The van der Waals surface area contributed by atoms with Crippen molar-refractivity contribution in [3.63, 3.8) is 0 Å². The Hall–Kier alpha value is -1.09. The molecule has 1 heterocycles. The Morgan fingerprint density at radius 3 is 2.88 bits per heavy atom. The molecule has 1 aliphatic carbocycles. The van der Waals surface area contributed by atoms with Crippen LogP contribution >= 0.6 is 0 Å². The number of nitrogens with zero attached hydrogens (tertiary/aromatic N) is 2. The lowest BCUT2D eigenvalue weighted by atomic mass is 10.2. The predicted octanol–water partition coefficient (Wildman–Crippen LogP) is 2.18. The molecule has 16 heavy (non-hydrogen) atoms. The Morgan fingerprint density at radius 2 is 2.19 bits per heavy atom. The van der Waals surface area contributed by atoms with E-state index in [4.69, 9.17) is 0 Å². The van der Waals surface area contributed by atoms with E-state index in [1.54, 1.807) is 0 Å². The zero-order valence-corrected chi connectivity index (χ0v) is 10.2. The maximum absolute atomic E-state index is 4.53. The molecule has 1 aromatic heterocycles. The normalized spacial score (nSPS) is 16.6. The molecule has 0 radical (unpaired) electrons. The molecule has 0 spiro atoms. The van der Waals surface area contributed by atoms with E-state index < -0.39 is 0 Å². The molecule has 0 atom stereocenters. The molecule has 88 valence electrons. The quantitative estimate of drug-likeness (QED) is 0.841. The summed E-state index contributed by atoms with van der Waals surface area (Å²) in [7, 11) is 4.16. The zero-order valence-electron chi connectivity index (χ0n) is 10.2. The fraction of sp³-hybridized carbons (Fsp3) is 0.615. The molecule has 0 aliphatic heterocycles. The van der Waals surface area contributed by atoms with Crippen molar-refractivity contribution in [2.45, 2.75) is 38.3 Å². The standard InChI is InChI=1S/C13H21N3/c1-14-10-11-6-5-9-15-13(11)16(2)12-7-3-4-8-12/h5-6,9,12,14H,3-4,7-8,10H2,1-2H3. The Bertz CT molecular complexity index is 332. The van der Waals surface area contributed by atoms with Crippen LogP contribution in [0.3, 0.4) is 0 Å². The van der Waals surface area contributed by atoms with Crippen LogP contribution in [0, 0.1) is 0 Å². The molecule has 1 N–H and O–H groups in total. The van der Waals surface area contributed by atoms with Crippen molar-refractivity contribution < 1.29 is 0 Å². The van der Waals surface area contributed by atoms with Crippen LogP contribution in [0.25, 0.3) is 0 Å². The van der Waals surface area contributed by atoms with E-state index in [-0.39, 0.29) is 0 Å². The maximum Gasteiger partial charge on any atom is 0.132 e. The van der Waals surface area contributed by atoms with Crippen LogP contribution in [0.2, 0.25) is 0 Å². The minimum atomic E-state index is 0.686. The average Bonchev–Trinajstić information content (AvgIpc) is 2.83. The highest BCUT2D eigenvalue weighted by Crippen LogP contribution is 2.27. The van der Waals surface area contributed by atoms with E-state index in [2.05, 4.69) is 28.3 Å². The summed E-state index contributed by atoms with van der Waals surface area (Å²) in [6.45, 7) is 0.889. The third kappa shape index (κ3) is 2.35. The number of rotatable bonds is 4. The van der Waals surface area contributed by atoms with Gasteiger partial charge in [-0.05, 0) is 26.0 Å². The third-order valence-electron chi connectivity index (χ3n) is 3.44. The lowest BCUT2D eigenvalue weighted by Gasteiger charge is -2.27. The molecule has 1 aliphatic rings. The predicted molar refractivity (Wildman–Crippen MR) is 67.7 cm³/mol. The van der Waals surface area contributed by atoms with Crippen molar-refractivity contribution in [2.24, 2.45) is 0 Å². The molecule has 1 aromatic rings. The number of hydrogen-bond donors (Lipinski definition) is 1. The van der Waals surface area contributed by atoms with Gasteiger partial charge in [0.1, 0.15) is 5.82 Å². The number of nitrogens with one attached hydrogen (secondary N) is 1. The van der Waals surface area contributed by atoms with Gasteiger partial charge in [-0.25, -0.2) is 4.98 Å². The summed E-state index contributed by atoms with van der Waals surface area (Å²) in [4.78, 5) is 6.89. The molecule has 0 saturated heterocycles. The van der Waals surface area contributed by atoms with Crippen LogP contribution in [-0.4, -0.2) is 25.1 Å². The summed E-state index contributed by atoms with van der Waals surface area (Å²) in [5.41, 5.74) is 1.29. The third-order valence-corrected chi connectivity index (χ3v) is 3.44. The van der Waals surface area contributed by atoms with Gasteiger partial charge in [-0.1, -0.05) is 18.9 Å². The molecular weight excluding hydrogens is 198 g/mol. The SMILES string of the molecule is CNCc1cccnc1N(C)C1CCCC1. The lowest BCUT2D eigenvalue weighted by molar-refractivity contribution is 0.641. The smallest absolute Gasteiger partial charge is 0.132 e. The summed E-state index contributed by atoms with van der Waals surface area (Å²) in [6, 6.07) is 4.86. The van der Waals surface area contributed by atoms with Crippen molar-refractivity contribution in [1.82, 2.24) is 10.3 Å². The lowest BCUT2D eigenvalue weighted by Crippen LogP contribution is -2.31. The van der Waals surface area contributed by atoms with E-state index in [1.807, 2.05) is 19.3 Å². The van der Waals surface area contributed by atoms with Crippen LogP contribution in [-0.2, 0) is 6.54 Å². The highest BCUT2D eigenvalue weighted by atomic mass is 15.2. The van der Waals surface area contributed by atoms with Crippen molar-refractivity contribution >= 4 is 5.82 Å². The Morgan fingerprint density at radius 1 is 1.44 bits per heavy atom. The first-order valence-corrected chi connectivity index (χ1v) is 6.14. The number of pyridine rings is 1. The molecule has 0 bridgehead atoms. The van der Waals surface area contributed by atoms with E-state index in [1.165, 1.54) is 31.2 Å². The topological polar surface area (TPSA) is 28.2 Å². The first-order chi connectivity index (χ1) is 7.83. The first-order valence-electron chi connectivity index (χ1n) is 6.14. The fourth-order valence-corrected chi connectivity index (χ4v) is 2.54. The van der Waals surface area contributed by atoms with Crippen LogP contribution in [0.5, 0.6) is 0 Å². The van der Waals surface area contributed by atoms with Crippen LogP contribution < -0.4 is 10.2 Å². The Labute approximate surface area is 97.9 Å². The molecule has 3 nitrogen and oxygen atoms in total. The second-order valence-electron chi connectivity index (χ2n) is 4.57. The fourth-order valence-electron chi connectivity index (χ4n) is 2.54. The molecule has 2 rings (SSSR count). The Balaban J connectivity index is 2.17. The van der Waals surface area contributed by atoms with Gasteiger partial charge in [0, 0.05) is 31.4 Å². The van der Waals surface area contributed by atoms with Crippen LogP contribution in [0.1, 0.15) is 31.2 Å². The minimum Gasteiger partial charge on any atom is -0.356 e. The number of hydrogen-bond acceptors (Lipinski definition) is 3. The summed E-state index contributed by atoms with van der Waals surface area (Å²) in [6.07, 6.45) is 7.24. The van der Waals surface area contributed by atoms with Crippen molar-refractivity contribution in [3.05, 3.63) is 23.9 Å². The molecular formula is C13H21N3. The van der Waals surface area contributed by atoms with Gasteiger partial charge < -0.3 is 10.2 Å². The molecule has 1 fully saturated rings. The van der Waals surface area contributed by atoms with Gasteiger partial charge in [0.05, 0.1) is 0 Å². The summed E-state index contributed by atoms with van der Waals surface area (Å²) < 4.78 is 0. The first kappa shape index (κ1) is 11.4. The number of anilines is 1. The van der Waals surface area contributed by atoms with Crippen LogP contribution in [0.15, 0.2) is 18.3 Å². The van der Waals surface area contributed by atoms with Gasteiger partial charge in [0.25, 0.3) is 0 Å². The number of aromatic nitrogens is 1. The maximum atomic E-state index is 4.53. The highest BCUT2D eigenvalue weighted by molar-refractivity contribution is 5.47. The molecule has 0 unspecified atom stereocenters. The molecule has 3 heteroatoms. The molecule has 1 saturated carbocycles. The van der Waals surface area contributed by atoms with Crippen LogP contribution in [0.4, 0.5) is 5.82 Å². The highest BCUT2D eigenvalue weighted by Gasteiger charge is 2.21. The second-order valence-corrected chi connectivity index (χ2v) is 4.57. The zero-order chi connectivity index (χ0) is 11.4. The van der Waals surface area contributed by atoms with Crippen molar-refractivity contribution in [1.29, 1.82) is 0 Å². The van der Waals surface area contributed by atoms with Gasteiger partial charge >= 0.3 is 0 Å². The van der Waals surface area contributed by atoms with E-state index in [0.717, 1.165) is 12.4 Å². The molecule has 0 amide bonds. The van der Waals surface area contributed by atoms with Crippen molar-refractivity contribution in [2.75, 3.05) is 19.0 Å². The van der Waals surface area contributed by atoms with Crippen molar-refractivity contribution in [3.8, 4) is 0 Å². The summed E-state index contributed by atoms with van der Waals surface area (Å²) in [5, 5.41) is 3.20. The largest absolute Gasteiger partial charge is 0.356 e. The van der Waals surface area contributed by atoms with Gasteiger partial charge in [-0.15, -0.1) is 0 Å². The Kier molecular flexibility index (Phi) is 3.78. The van der Waals surface area contributed by atoms with Gasteiger partial charge in [-0.3, -0.25) is 0 Å². The van der Waals surface area contributed by atoms with E-state index in [0.29, 0.717) is 6.04 Å². The monoisotopic (exact) mass is 219 g/mol.